The lowest BCUT2D eigenvalue weighted by atomic mass is 10.1. The summed E-state index contributed by atoms with van der Waals surface area (Å²) in [5.74, 6) is -0.462. The average Bonchev–Trinajstić information content (AvgIpc) is 3.14. The predicted molar refractivity (Wildman–Crippen MR) is 81.6 cm³/mol. The Morgan fingerprint density at radius 2 is 2.23 bits per heavy atom. The first-order valence-corrected chi connectivity index (χ1v) is 8.01. The Morgan fingerprint density at radius 1 is 1.36 bits per heavy atom. The fourth-order valence-electron chi connectivity index (χ4n) is 3.70. The van der Waals surface area contributed by atoms with Crippen LogP contribution in [0.1, 0.15) is 36.8 Å². The molecule has 0 bridgehead atoms. The molecule has 1 saturated carbocycles. The first-order chi connectivity index (χ1) is 10.7. The number of halogens is 1. The Morgan fingerprint density at radius 3 is 2.95 bits per heavy atom. The molecule has 0 amide bonds. The number of nitrogens with zero attached hydrogens (tertiary/aromatic N) is 2. The predicted octanol–water partition coefficient (Wildman–Crippen LogP) is 1.77. The van der Waals surface area contributed by atoms with Crippen molar-refractivity contribution in [2.24, 2.45) is 0 Å². The molecule has 1 aromatic carbocycles. The third-order valence-electron chi connectivity index (χ3n) is 4.86. The number of aliphatic hydroxyl groups is 1. The number of rotatable bonds is 4. The monoisotopic (exact) mass is 303 g/mol. The van der Waals surface area contributed by atoms with Crippen LogP contribution in [0.5, 0.6) is 0 Å². The van der Waals surface area contributed by atoms with E-state index in [0.29, 0.717) is 18.6 Å². The second kappa shape index (κ2) is 6.74. The van der Waals surface area contributed by atoms with Crippen LogP contribution in [0.25, 0.3) is 0 Å². The number of nitriles is 1. The number of benzene rings is 1. The summed E-state index contributed by atoms with van der Waals surface area (Å²) >= 11 is 0. The molecule has 3 rings (SSSR count). The van der Waals surface area contributed by atoms with Gasteiger partial charge >= 0.3 is 0 Å². The van der Waals surface area contributed by atoms with Crippen molar-refractivity contribution in [1.29, 1.82) is 5.26 Å². The summed E-state index contributed by atoms with van der Waals surface area (Å²) in [5, 5.41) is 22.2. The van der Waals surface area contributed by atoms with E-state index in [1.807, 2.05) is 6.07 Å². The van der Waals surface area contributed by atoms with E-state index in [9.17, 15) is 9.50 Å². The maximum Gasteiger partial charge on any atom is 0.140 e. The van der Waals surface area contributed by atoms with Crippen molar-refractivity contribution in [3.63, 3.8) is 0 Å². The summed E-state index contributed by atoms with van der Waals surface area (Å²) in [7, 11) is 0. The minimum absolute atomic E-state index is 0.102. The summed E-state index contributed by atoms with van der Waals surface area (Å²) < 4.78 is 13.3. The number of nitrogens with one attached hydrogen (secondary N) is 1. The molecule has 1 aromatic rings. The Bertz CT molecular complexity index is 572. The number of hydrogen-bond acceptors (Lipinski definition) is 4. The van der Waals surface area contributed by atoms with Crippen molar-refractivity contribution < 1.29 is 9.50 Å². The van der Waals surface area contributed by atoms with Crippen LogP contribution in [0.4, 0.5) is 4.39 Å². The van der Waals surface area contributed by atoms with Crippen LogP contribution >= 0.6 is 0 Å². The van der Waals surface area contributed by atoms with Crippen LogP contribution in [0.15, 0.2) is 18.2 Å². The topological polar surface area (TPSA) is 59.3 Å². The molecule has 118 valence electrons. The van der Waals surface area contributed by atoms with Crippen molar-refractivity contribution in [2.45, 2.75) is 50.4 Å². The molecule has 3 atom stereocenters. The Kier molecular flexibility index (Phi) is 4.72. The Hall–Kier alpha value is -1.48. The molecule has 0 spiro atoms. The molecule has 5 heteroatoms. The smallest absolute Gasteiger partial charge is 0.140 e. The molecule has 2 fully saturated rings. The SMILES string of the molecule is N#Cc1cc(CN[C@@H]2CCC[C@@H]2N2CCC(O)C2)ccc1F. The maximum absolute atomic E-state index is 13.3. The molecule has 2 N–H and O–H groups in total. The Labute approximate surface area is 130 Å². The summed E-state index contributed by atoms with van der Waals surface area (Å²) in [5.41, 5.74) is 1.04. The highest BCUT2D eigenvalue weighted by atomic mass is 19.1. The van der Waals surface area contributed by atoms with Gasteiger partial charge in [0.2, 0.25) is 0 Å². The fraction of sp³-hybridized carbons (Fsp3) is 0.588. The third kappa shape index (κ3) is 3.30. The van der Waals surface area contributed by atoms with Gasteiger partial charge in [0, 0.05) is 31.7 Å². The van der Waals surface area contributed by atoms with Crippen molar-refractivity contribution >= 4 is 0 Å². The van der Waals surface area contributed by atoms with Crippen molar-refractivity contribution in [3.8, 4) is 6.07 Å². The van der Waals surface area contributed by atoms with Crippen LogP contribution in [-0.4, -0.2) is 41.3 Å². The molecule has 4 nitrogen and oxygen atoms in total. The molecular weight excluding hydrogens is 281 g/mol. The summed E-state index contributed by atoms with van der Waals surface area (Å²) in [6.45, 7) is 2.39. The second-order valence-electron chi connectivity index (χ2n) is 6.35. The van der Waals surface area contributed by atoms with Gasteiger partial charge in [-0.05, 0) is 37.0 Å². The van der Waals surface area contributed by atoms with E-state index in [0.717, 1.165) is 37.9 Å². The lowest BCUT2D eigenvalue weighted by Crippen LogP contribution is -2.46. The van der Waals surface area contributed by atoms with E-state index in [2.05, 4.69) is 10.2 Å². The maximum atomic E-state index is 13.3. The average molecular weight is 303 g/mol. The first-order valence-electron chi connectivity index (χ1n) is 8.01. The van der Waals surface area contributed by atoms with Gasteiger partial charge in [0.25, 0.3) is 0 Å². The second-order valence-corrected chi connectivity index (χ2v) is 6.35. The minimum Gasteiger partial charge on any atom is -0.392 e. The number of β-amino-alcohol motifs (C(OH)–C–C–N with tert-alkyl or cyclic N) is 1. The van der Waals surface area contributed by atoms with Crippen LogP contribution in [-0.2, 0) is 6.54 Å². The van der Waals surface area contributed by atoms with Crippen LogP contribution in [0.2, 0.25) is 0 Å². The summed E-state index contributed by atoms with van der Waals surface area (Å²) in [4.78, 5) is 2.39. The van der Waals surface area contributed by atoms with Gasteiger partial charge in [-0.3, -0.25) is 4.90 Å². The van der Waals surface area contributed by atoms with Gasteiger partial charge in [-0.2, -0.15) is 5.26 Å². The lowest BCUT2D eigenvalue weighted by molar-refractivity contribution is 0.150. The standard InChI is InChI=1S/C17H22FN3O/c18-15-5-4-12(8-13(15)9-19)10-20-16-2-1-3-17(16)21-7-6-14(22)11-21/h4-5,8,14,16-17,20,22H,1-3,6-7,10-11H2/t14?,16-,17+/m1/s1. The first kappa shape index (κ1) is 15.4. The molecule has 0 radical (unpaired) electrons. The minimum atomic E-state index is -0.462. The zero-order chi connectivity index (χ0) is 15.5. The summed E-state index contributed by atoms with van der Waals surface area (Å²) in [6.07, 6.45) is 4.17. The van der Waals surface area contributed by atoms with Crippen molar-refractivity contribution in [2.75, 3.05) is 13.1 Å². The third-order valence-corrected chi connectivity index (χ3v) is 4.86. The van der Waals surface area contributed by atoms with E-state index < -0.39 is 5.82 Å². The zero-order valence-corrected chi connectivity index (χ0v) is 12.6. The molecule has 1 heterocycles. The van der Waals surface area contributed by atoms with E-state index in [-0.39, 0.29) is 11.7 Å². The van der Waals surface area contributed by atoms with Crippen molar-refractivity contribution in [3.05, 3.63) is 35.1 Å². The van der Waals surface area contributed by atoms with Gasteiger partial charge in [-0.15, -0.1) is 0 Å². The molecule has 2 aliphatic rings. The van der Waals surface area contributed by atoms with Gasteiger partial charge in [-0.1, -0.05) is 12.5 Å². The molecule has 22 heavy (non-hydrogen) atoms. The van der Waals surface area contributed by atoms with Gasteiger partial charge in [0.1, 0.15) is 11.9 Å². The summed E-state index contributed by atoms with van der Waals surface area (Å²) in [6, 6.07) is 7.47. The molecular formula is C17H22FN3O. The highest BCUT2D eigenvalue weighted by Crippen LogP contribution is 2.27. The largest absolute Gasteiger partial charge is 0.392 e. The van der Waals surface area contributed by atoms with E-state index in [4.69, 9.17) is 5.26 Å². The van der Waals surface area contributed by atoms with E-state index in [1.165, 1.54) is 12.5 Å². The van der Waals surface area contributed by atoms with Gasteiger partial charge in [-0.25, -0.2) is 4.39 Å². The number of hydrogen-bond donors (Lipinski definition) is 2. The van der Waals surface area contributed by atoms with Gasteiger partial charge in [0.15, 0.2) is 0 Å². The Balaban J connectivity index is 1.60. The van der Waals surface area contributed by atoms with Crippen LogP contribution < -0.4 is 5.32 Å². The quantitative estimate of drug-likeness (QED) is 0.890. The van der Waals surface area contributed by atoms with E-state index in [1.54, 1.807) is 12.1 Å². The lowest BCUT2D eigenvalue weighted by Gasteiger charge is -2.30. The highest BCUT2D eigenvalue weighted by Gasteiger charge is 2.35. The molecule has 1 saturated heterocycles. The molecule has 1 aliphatic carbocycles. The normalized spacial score (nSPS) is 28.9. The van der Waals surface area contributed by atoms with E-state index >= 15 is 0 Å². The van der Waals surface area contributed by atoms with Crippen molar-refractivity contribution in [1.82, 2.24) is 10.2 Å². The van der Waals surface area contributed by atoms with Gasteiger partial charge < -0.3 is 10.4 Å². The molecule has 1 aliphatic heterocycles. The molecule has 0 aromatic heterocycles. The fourth-order valence-corrected chi connectivity index (χ4v) is 3.70. The number of aliphatic hydroxyl groups excluding tert-OH is 1. The van der Waals surface area contributed by atoms with Crippen LogP contribution in [0.3, 0.4) is 0 Å². The van der Waals surface area contributed by atoms with Crippen LogP contribution in [0, 0.1) is 17.1 Å². The number of likely N-dealkylation sites (tertiary alicyclic amines) is 1. The highest BCUT2D eigenvalue weighted by molar-refractivity contribution is 5.34. The molecule has 1 unspecified atom stereocenters. The zero-order valence-electron chi connectivity index (χ0n) is 12.6. The van der Waals surface area contributed by atoms with Gasteiger partial charge in [0.05, 0.1) is 11.7 Å².